The van der Waals surface area contributed by atoms with Crippen molar-refractivity contribution in [2.24, 2.45) is 0 Å². The molecule has 0 aliphatic rings. The summed E-state index contributed by atoms with van der Waals surface area (Å²) in [4.78, 5) is 16.3. The van der Waals surface area contributed by atoms with E-state index in [-0.39, 0.29) is 12.0 Å². The van der Waals surface area contributed by atoms with Crippen LogP contribution in [-0.4, -0.2) is 31.8 Å². The first-order valence-electron chi connectivity index (χ1n) is 7.81. The van der Waals surface area contributed by atoms with Crippen LogP contribution in [0.15, 0.2) is 24.4 Å². The summed E-state index contributed by atoms with van der Waals surface area (Å²) in [7, 11) is 0. The monoisotopic (exact) mass is 384 g/mol. The lowest BCUT2D eigenvalue weighted by molar-refractivity contribution is 0.159. The highest BCUT2D eigenvalue weighted by molar-refractivity contribution is 6.48. The van der Waals surface area contributed by atoms with Gasteiger partial charge in [-0.25, -0.2) is 9.48 Å². The van der Waals surface area contributed by atoms with Gasteiger partial charge in [-0.05, 0) is 26.0 Å². The third kappa shape index (κ3) is 5.61. The van der Waals surface area contributed by atoms with Gasteiger partial charge in [-0.15, -0.1) is 0 Å². The summed E-state index contributed by atoms with van der Waals surface area (Å²) >= 11 is 11.6. The molecular weight excluding hydrogens is 363 g/mol. The Morgan fingerprint density at radius 3 is 2.48 bits per heavy atom. The number of carbonyl (C=O) groups is 1. The molecule has 6 nitrogen and oxygen atoms in total. The lowest BCUT2D eigenvalue weighted by atomic mass is 9.92. The van der Waals surface area contributed by atoms with Crippen LogP contribution in [0.25, 0.3) is 5.69 Å². The summed E-state index contributed by atoms with van der Waals surface area (Å²) in [6.07, 6.45) is 1.04. The number of hydrogen-bond acceptors (Lipinski definition) is 4. The predicted molar refractivity (Wildman–Crippen MR) is 99.9 cm³/mol. The first-order valence-corrected chi connectivity index (χ1v) is 8.56. The van der Waals surface area contributed by atoms with Gasteiger partial charge in [-0.3, -0.25) is 10.3 Å². The van der Waals surface area contributed by atoms with Crippen molar-refractivity contribution in [1.29, 1.82) is 0 Å². The van der Waals surface area contributed by atoms with E-state index in [1.54, 1.807) is 17.8 Å². The number of hydrogen-bond donors (Lipinski definition) is 1. The zero-order valence-electron chi connectivity index (χ0n) is 14.9. The van der Waals surface area contributed by atoms with Gasteiger partial charge in [0, 0.05) is 17.2 Å². The van der Waals surface area contributed by atoms with Crippen LogP contribution < -0.4 is 5.32 Å². The number of rotatable bonds is 4. The van der Waals surface area contributed by atoms with Crippen LogP contribution in [0.2, 0.25) is 0 Å². The number of aryl methyl sites for hydroxylation is 1. The van der Waals surface area contributed by atoms with Crippen molar-refractivity contribution in [2.75, 3.05) is 11.9 Å². The summed E-state index contributed by atoms with van der Waals surface area (Å²) in [5.74, 6) is 0.478. The van der Waals surface area contributed by atoms with E-state index in [0.717, 1.165) is 17.1 Å². The largest absolute Gasteiger partial charge is 0.446 e. The number of alkyl halides is 2. The molecule has 2 aromatic rings. The van der Waals surface area contributed by atoms with E-state index < -0.39 is 10.4 Å². The van der Waals surface area contributed by atoms with Crippen LogP contribution in [0.4, 0.5) is 10.6 Å². The number of nitrogens with one attached hydrogen (secondary N) is 1. The van der Waals surface area contributed by atoms with Crippen molar-refractivity contribution in [3.05, 3.63) is 35.8 Å². The highest BCUT2D eigenvalue weighted by Crippen LogP contribution is 2.26. The minimum absolute atomic E-state index is 0.131. The van der Waals surface area contributed by atoms with Gasteiger partial charge < -0.3 is 4.74 Å². The van der Waals surface area contributed by atoms with Crippen LogP contribution >= 0.6 is 23.2 Å². The first kappa shape index (κ1) is 19.5. The molecule has 0 aliphatic heterocycles. The second kappa shape index (κ2) is 7.22. The molecule has 0 aliphatic carbocycles. The SMILES string of the molecule is Cc1ccc(-n2nc(C(C)(C)C)cc2NC(=O)OCC(C)(Cl)Cl)cn1. The maximum Gasteiger partial charge on any atom is 0.412 e. The predicted octanol–water partition coefficient (Wildman–Crippen LogP) is 4.62. The normalized spacial score (nSPS) is 12.1. The molecule has 2 rings (SSSR count). The smallest absolute Gasteiger partial charge is 0.412 e. The molecule has 0 aromatic carbocycles. The summed E-state index contributed by atoms with van der Waals surface area (Å²) in [6, 6.07) is 5.57. The lowest BCUT2D eigenvalue weighted by Crippen LogP contribution is -2.23. The number of aromatic nitrogens is 3. The van der Waals surface area contributed by atoms with Crippen molar-refractivity contribution in [1.82, 2.24) is 14.8 Å². The molecule has 2 aromatic heterocycles. The van der Waals surface area contributed by atoms with Gasteiger partial charge in [-0.1, -0.05) is 44.0 Å². The van der Waals surface area contributed by atoms with Gasteiger partial charge in [0.2, 0.25) is 0 Å². The molecule has 0 atom stereocenters. The average molecular weight is 385 g/mol. The quantitative estimate of drug-likeness (QED) is 0.780. The summed E-state index contributed by atoms with van der Waals surface area (Å²) in [5.41, 5.74) is 2.26. The van der Waals surface area contributed by atoms with Crippen LogP contribution in [0.1, 0.15) is 39.1 Å². The minimum atomic E-state index is -1.14. The fourth-order valence-electron chi connectivity index (χ4n) is 1.95. The van der Waals surface area contributed by atoms with E-state index in [1.807, 2.05) is 45.9 Å². The molecule has 0 spiro atoms. The Morgan fingerprint density at radius 1 is 1.28 bits per heavy atom. The van der Waals surface area contributed by atoms with Crippen LogP contribution in [0.5, 0.6) is 0 Å². The number of nitrogens with zero attached hydrogens (tertiary/aromatic N) is 3. The van der Waals surface area contributed by atoms with Crippen LogP contribution in [-0.2, 0) is 10.2 Å². The van der Waals surface area contributed by atoms with E-state index >= 15 is 0 Å². The fraction of sp³-hybridized carbons (Fsp3) is 0.471. The summed E-state index contributed by atoms with van der Waals surface area (Å²) in [6.45, 7) is 9.45. The van der Waals surface area contributed by atoms with Crippen LogP contribution in [0.3, 0.4) is 0 Å². The zero-order chi connectivity index (χ0) is 18.8. The second-order valence-electron chi connectivity index (χ2n) is 7.01. The van der Waals surface area contributed by atoms with Crippen molar-refractivity contribution in [2.45, 2.75) is 44.4 Å². The topological polar surface area (TPSA) is 69.0 Å². The van der Waals surface area contributed by atoms with Gasteiger partial charge >= 0.3 is 6.09 Å². The van der Waals surface area contributed by atoms with E-state index in [1.165, 1.54) is 0 Å². The second-order valence-corrected chi connectivity index (χ2v) is 8.87. The molecule has 8 heteroatoms. The average Bonchev–Trinajstić information content (AvgIpc) is 2.89. The molecule has 25 heavy (non-hydrogen) atoms. The molecule has 0 unspecified atom stereocenters. The number of pyridine rings is 1. The van der Waals surface area contributed by atoms with E-state index in [0.29, 0.717) is 5.82 Å². The Morgan fingerprint density at radius 2 is 1.96 bits per heavy atom. The van der Waals surface area contributed by atoms with Gasteiger partial charge in [0.15, 0.2) is 0 Å². The molecule has 0 saturated carbocycles. The first-order chi connectivity index (χ1) is 11.5. The zero-order valence-corrected chi connectivity index (χ0v) is 16.4. The molecule has 0 saturated heterocycles. The maximum atomic E-state index is 12.0. The number of halogens is 2. The molecular formula is C17H22Cl2N4O2. The van der Waals surface area contributed by atoms with Crippen LogP contribution in [0, 0.1) is 6.92 Å². The molecule has 136 valence electrons. The maximum absolute atomic E-state index is 12.0. The van der Waals surface area contributed by atoms with Crippen molar-refractivity contribution in [3.8, 4) is 5.69 Å². The molecule has 0 bridgehead atoms. The highest BCUT2D eigenvalue weighted by atomic mass is 35.5. The Kier molecular flexibility index (Phi) is 5.64. The Hall–Kier alpha value is -1.79. The number of carbonyl (C=O) groups excluding carboxylic acids is 1. The highest BCUT2D eigenvalue weighted by Gasteiger charge is 2.23. The van der Waals surface area contributed by atoms with Gasteiger partial charge in [-0.2, -0.15) is 5.10 Å². The standard InChI is InChI=1S/C17H22Cl2N4O2/c1-11-6-7-12(9-20-11)23-14(8-13(22-23)16(2,3)4)21-15(24)25-10-17(5,18)19/h6-9H,10H2,1-5H3,(H,21,24). The van der Waals surface area contributed by atoms with Gasteiger partial charge in [0.05, 0.1) is 17.6 Å². The van der Waals surface area contributed by atoms with Gasteiger partial charge in [0.25, 0.3) is 0 Å². The van der Waals surface area contributed by atoms with Crippen molar-refractivity contribution >= 4 is 35.1 Å². The third-order valence-corrected chi connectivity index (χ3v) is 3.52. The number of amides is 1. The lowest BCUT2D eigenvalue weighted by Gasteiger charge is -2.14. The molecule has 0 radical (unpaired) electrons. The molecule has 1 N–H and O–H groups in total. The van der Waals surface area contributed by atoms with E-state index in [4.69, 9.17) is 27.9 Å². The minimum Gasteiger partial charge on any atom is -0.446 e. The number of ether oxygens (including phenoxy) is 1. The van der Waals surface area contributed by atoms with Gasteiger partial charge in [0.1, 0.15) is 16.8 Å². The Balaban J connectivity index is 2.30. The van der Waals surface area contributed by atoms with E-state index in [2.05, 4.69) is 15.4 Å². The molecule has 1 amide bonds. The molecule has 2 heterocycles. The fourth-order valence-corrected chi connectivity index (χ4v) is 2.06. The summed E-state index contributed by atoms with van der Waals surface area (Å²) < 4.78 is 5.52. The Bertz CT molecular complexity index is 743. The van der Waals surface area contributed by atoms with Crippen molar-refractivity contribution in [3.63, 3.8) is 0 Å². The summed E-state index contributed by atoms with van der Waals surface area (Å²) in [5, 5.41) is 7.28. The third-order valence-electron chi connectivity index (χ3n) is 3.30. The van der Waals surface area contributed by atoms with Crippen molar-refractivity contribution < 1.29 is 9.53 Å². The van der Waals surface area contributed by atoms with E-state index in [9.17, 15) is 4.79 Å². The Labute approximate surface area is 157 Å². The number of anilines is 1. The molecule has 0 fully saturated rings.